The van der Waals surface area contributed by atoms with E-state index in [1.54, 1.807) is 16.7 Å². The quantitative estimate of drug-likeness (QED) is 0.808. The van der Waals surface area contributed by atoms with E-state index in [0.29, 0.717) is 18.7 Å². The molecule has 4 nitrogen and oxygen atoms in total. The third kappa shape index (κ3) is 3.73. The van der Waals surface area contributed by atoms with Crippen LogP contribution in [0, 0.1) is 11.8 Å². The van der Waals surface area contributed by atoms with Crippen LogP contribution in [0.15, 0.2) is 53.4 Å². The molecule has 0 aliphatic carbocycles. The summed E-state index contributed by atoms with van der Waals surface area (Å²) in [5.74, 6) is -0.123. The predicted molar refractivity (Wildman–Crippen MR) is 101 cm³/mol. The minimum Gasteiger partial charge on any atom is -0.396 e. The number of aliphatic hydroxyl groups excluding tert-OH is 2. The van der Waals surface area contributed by atoms with E-state index in [1.807, 2.05) is 36.4 Å². The van der Waals surface area contributed by atoms with Crippen LogP contribution in [-0.2, 0) is 0 Å². The molecule has 2 aromatic rings. The van der Waals surface area contributed by atoms with E-state index in [-0.39, 0.29) is 31.0 Å². The van der Waals surface area contributed by atoms with Gasteiger partial charge in [-0.05, 0) is 35.6 Å². The molecule has 132 valence electrons. The molecule has 2 N–H and O–H groups in total. The third-order valence-electron chi connectivity index (χ3n) is 4.88. The zero-order valence-electron chi connectivity index (χ0n) is 14.3. The standard InChI is InChI=1S/C20H23NO3S/c1-25-19-5-3-2-4-18(19)14-6-8-15(9-7-14)20(24)21-10-16(12-22)17(11-21)13-23/h2-9,16-17,22-23H,10-13H2,1H3. The summed E-state index contributed by atoms with van der Waals surface area (Å²) < 4.78 is 0. The fraction of sp³-hybridized carbons (Fsp3) is 0.350. The van der Waals surface area contributed by atoms with Crippen LogP contribution in [0.5, 0.6) is 0 Å². The number of thioether (sulfide) groups is 1. The van der Waals surface area contributed by atoms with Crippen molar-refractivity contribution in [2.75, 3.05) is 32.6 Å². The molecule has 1 amide bonds. The number of amides is 1. The Morgan fingerprint density at radius 2 is 1.64 bits per heavy atom. The molecule has 0 radical (unpaired) electrons. The highest BCUT2D eigenvalue weighted by atomic mass is 32.2. The number of nitrogens with zero attached hydrogens (tertiary/aromatic N) is 1. The van der Waals surface area contributed by atoms with Gasteiger partial charge in [-0.3, -0.25) is 4.79 Å². The molecule has 0 aromatic heterocycles. The van der Waals surface area contributed by atoms with Gasteiger partial charge in [0.05, 0.1) is 0 Å². The third-order valence-corrected chi connectivity index (χ3v) is 5.68. The Morgan fingerprint density at radius 3 is 2.20 bits per heavy atom. The summed E-state index contributed by atoms with van der Waals surface area (Å²) in [6, 6.07) is 15.9. The summed E-state index contributed by atoms with van der Waals surface area (Å²) in [7, 11) is 0. The van der Waals surface area contributed by atoms with Gasteiger partial charge in [-0.2, -0.15) is 0 Å². The molecule has 1 saturated heterocycles. The molecule has 5 heteroatoms. The van der Waals surface area contributed by atoms with Crippen LogP contribution < -0.4 is 0 Å². The number of hydrogen-bond acceptors (Lipinski definition) is 4. The minimum absolute atomic E-state index is 0.000582. The maximum atomic E-state index is 12.7. The van der Waals surface area contributed by atoms with Crippen LogP contribution in [-0.4, -0.2) is 53.6 Å². The number of hydrogen-bond donors (Lipinski definition) is 2. The second-order valence-corrected chi connectivity index (χ2v) is 7.22. The maximum absolute atomic E-state index is 12.7. The van der Waals surface area contributed by atoms with E-state index in [1.165, 1.54) is 4.90 Å². The van der Waals surface area contributed by atoms with Crippen molar-refractivity contribution in [3.05, 3.63) is 54.1 Å². The first-order chi connectivity index (χ1) is 12.2. The fourth-order valence-corrected chi connectivity index (χ4v) is 4.00. The summed E-state index contributed by atoms with van der Waals surface area (Å²) in [5.41, 5.74) is 2.89. The Labute approximate surface area is 152 Å². The van der Waals surface area contributed by atoms with E-state index in [4.69, 9.17) is 0 Å². The van der Waals surface area contributed by atoms with Gasteiger partial charge in [0, 0.05) is 48.6 Å². The molecule has 3 rings (SSSR count). The van der Waals surface area contributed by atoms with Crippen molar-refractivity contribution in [3.63, 3.8) is 0 Å². The number of benzene rings is 2. The summed E-state index contributed by atoms with van der Waals surface area (Å²) in [6.45, 7) is 0.994. The largest absolute Gasteiger partial charge is 0.396 e. The van der Waals surface area contributed by atoms with E-state index in [0.717, 1.165) is 11.1 Å². The van der Waals surface area contributed by atoms with Crippen molar-refractivity contribution < 1.29 is 15.0 Å². The maximum Gasteiger partial charge on any atom is 0.253 e. The molecule has 1 heterocycles. The topological polar surface area (TPSA) is 60.8 Å². The van der Waals surface area contributed by atoms with Crippen LogP contribution in [0.4, 0.5) is 0 Å². The Balaban J connectivity index is 1.77. The molecule has 2 unspecified atom stereocenters. The van der Waals surface area contributed by atoms with Crippen molar-refractivity contribution in [1.82, 2.24) is 4.90 Å². The first kappa shape index (κ1) is 18.0. The van der Waals surface area contributed by atoms with Crippen molar-refractivity contribution in [1.29, 1.82) is 0 Å². The highest BCUT2D eigenvalue weighted by Gasteiger charge is 2.34. The minimum atomic E-state index is -0.0425. The van der Waals surface area contributed by atoms with E-state index >= 15 is 0 Å². The first-order valence-electron chi connectivity index (χ1n) is 8.42. The van der Waals surface area contributed by atoms with Gasteiger partial charge < -0.3 is 15.1 Å². The molecular formula is C20H23NO3S. The predicted octanol–water partition coefficient (Wildman–Crippen LogP) is 2.75. The van der Waals surface area contributed by atoms with Crippen LogP contribution in [0.1, 0.15) is 10.4 Å². The van der Waals surface area contributed by atoms with Crippen LogP contribution in [0.25, 0.3) is 11.1 Å². The van der Waals surface area contributed by atoms with Gasteiger partial charge in [0.2, 0.25) is 0 Å². The Kier molecular flexibility index (Phi) is 5.78. The molecule has 25 heavy (non-hydrogen) atoms. The summed E-state index contributed by atoms with van der Waals surface area (Å²) in [4.78, 5) is 15.6. The van der Waals surface area contributed by atoms with Crippen molar-refractivity contribution >= 4 is 17.7 Å². The molecule has 2 atom stereocenters. The van der Waals surface area contributed by atoms with Crippen molar-refractivity contribution in [2.45, 2.75) is 4.90 Å². The van der Waals surface area contributed by atoms with Crippen molar-refractivity contribution in [2.24, 2.45) is 11.8 Å². The number of rotatable bonds is 5. The van der Waals surface area contributed by atoms with Gasteiger partial charge in [0.15, 0.2) is 0 Å². The monoisotopic (exact) mass is 357 g/mol. The van der Waals surface area contributed by atoms with E-state index in [9.17, 15) is 15.0 Å². The molecule has 0 spiro atoms. The van der Waals surface area contributed by atoms with Gasteiger partial charge in [-0.1, -0.05) is 30.3 Å². The van der Waals surface area contributed by atoms with Gasteiger partial charge >= 0.3 is 0 Å². The van der Waals surface area contributed by atoms with E-state index < -0.39 is 0 Å². The lowest BCUT2D eigenvalue weighted by molar-refractivity contribution is 0.0778. The fourth-order valence-electron chi connectivity index (χ4n) is 3.38. The Hall–Kier alpha value is -1.82. The Bertz CT molecular complexity index is 720. The van der Waals surface area contributed by atoms with Gasteiger partial charge in [0.1, 0.15) is 0 Å². The summed E-state index contributed by atoms with van der Waals surface area (Å²) in [6.07, 6.45) is 2.05. The molecule has 0 bridgehead atoms. The van der Waals surface area contributed by atoms with Crippen LogP contribution in [0.2, 0.25) is 0 Å². The SMILES string of the molecule is CSc1ccccc1-c1ccc(C(=O)N2CC(CO)C(CO)C2)cc1. The smallest absolute Gasteiger partial charge is 0.253 e. The lowest BCUT2D eigenvalue weighted by atomic mass is 9.98. The molecule has 0 saturated carbocycles. The molecule has 1 aliphatic heterocycles. The number of aliphatic hydroxyl groups is 2. The lowest BCUT2D eigenvalue weighted by Gasteiger charge is -2.16. The second kappa shape index (κ2) is 8.04. The normalized spacial score (nSPS) is 20.0. The molecule has 1 fully saturated rings. The number of carbonyl (C=O) groups is 1. The average molecular weight is 357 g/mol. The molecule has 1 aliphatic rings. The summed E-state index contributed by atoms with van der Waals surface area (Å²) in [5, 5.41) is 18.8. The van der Waals surface area contributed by atoms with Crippen LogP contribution >= 0.6 is 11.8 Å². The average Bonchev–Trinajstić information content (AvgIpc) is 3.11. The number of carbonyl (C=O) groups excluding carboxylic acids is 1. The lowest BCUT2D eigenvalue weighted by Crippen LogP contribution is -2.29. The van der Waals surface area contributed by atoms with Crippen molar-refractivity contribution in [3.8, 4) is 11.1 Å². The highest BCUT2D eigenvalue weighted by Crippen LogP contribution is 2.30. The zero-order chi connectivity index (χ0) is 17.8. The van der Waals surface area contributed by atoms with Gasteiger partial charge in [-0.25, -0.2) is 0 Å². The number of likely N-dealkylation sites (tertiary alicyclic amines) is 1. The first-order valence-corrected chi connectivity index (χ1v) is 9.64. The van der Waals surface area contributed by atoms with E-state index in [2.05, 4.69) is 18.4 Å². The van der Waals surface area contributed by atoms with Gasteiger partial charge in [0.25, 0.3) is 5.91 Å². The second-order valence-electron chi connectivity index (χ2n) is 6.37. The summed E-state index contributed by atoms with van der Waals surface area (Å²) >= 11 is 1.70. The van der Waals surface area contributed by atoms with Gasteiger partial charge in [-0.15, -0.1) is 11.8 Å². The zero-order valence-corrected chi connectivity index (χ0v) is 15.1. The molecule has 2 aromatic carbocycles. The molecular weight excluding hydrogens is 334 g/mol. The van der Waals surface area contributed by atoms with Crippen LogP contribution in [0.3, 0.4) is 0 Å². The Morgan fingerprint density at radius 1 is 1.04 bits per heavy atom. The highest BCUT2D eigenvalue weighted by molar-refractivity contribution is 7.98.